The predicted octanol–water partition coefficient (Wildman–Crippen LogP) is 5.02. The van der Waals surface area contributed by atoms with Crippen molar-refractivity contribution in [2.24, 2.45) is 0 Å². The number of nitrogens with two attached hydrogens (primary N) is 1. The van der Waals surface area contributed by atoms with Gasteiger partial charge in [0.1, 0.15) is 5.52 Å². The van der Waals surface area contributed by atoms with Crippen molar-refractivity contribution >= 4 is 27.6 Å². The normalized spacial score (nSPS) is 12.2. The highest BCUT2D eigenvalue weighted by molar-refractivity contribution is 6.08. The minimum atomic E-state index is 0.239. The van der Waals surface area contributed by atoms with Gasteiger partial charge >= 0.3 is 0 Å². The maximum atomic E-state index is 8.67. The van der Waals surface area contributed by atoms with Crippen molar-refractivity contribution in [1.29, 1.82) is 5.26 Å². The summed E-state index contributed by atoms with van der Waals surface area (Å²) < 4.78 is 0. The van der Waals surface area contributed by atoms with Crippen LogP contribution in [0.25, 0.3) is 21.8 Å². The van der Waals surface area contributed by atoms with Crippen LogP contribution in [0.1, 0.15) is 41.6 Å². The molecule has 3 N–H and O–H groups in total. The first-order valence-corrected chi connectivity index (χ1v) is 10.7. The van der Waals surface area contributed by atoms with Gasteiger partial charge in [-0.2, -0.15) is 5.26 Å². The van der Waals surface area contributed by atoms with E-state index in [0.29, 0.717) is 18.8 Å². The second kappa shape index (κ2) is 9.11. The molecule has 31 heavy (non-hydrogen) atoms. The van der Waals surface area contributed by atoms with E-state index in [9.17, 15) is 0 Å². The van der Waals surface area contributed by atoms with Crippen LogP contribution in [0.3, 0.4) is 0 Å². The lowest BCUT2D eigenvalue weighted by atomic mass is 10.0. The first-order valence-electron chi connectivity index (χ1n) is 10.7. The highest BCUT2D eigenvalue weighted by Crippen LogP contribution is 2.28. The Balaban J connectivity index is 1.50. The topological polar surface area (TPSA) is 87.6 Å². The van der Waals surface area contributed by atoms with Crippen molar-refractivity contribution < 1.29 is 0 Å². The number of rotatable bonds is 7. The largest absolute Gasteiger partial charge is 0.382 e. The number of aromatic nitrogens is 2. The van der Waals surface area contributed by atoms with E-state index in [-0.39, 0.29) is 6.04 Å². The van der Waals surface area contributed by atoms with Crippen molar-refractivity contribution in [3.63, 3.8) is 0 Å². The van der Waals surface area contributed by atoms with Gasteiger partial charge in [0.25, 0.3) is 0 Å². The molecule has 0 aliphatic heterocycles. The molecule has 0 aliphatic carbocycles. The number of hydrogen-bond donors (Lipinski definition) is 2. The SMILES string of the molecule is Cc1ccc2c(c1)nc(N)c1ncc(CCc3ccc(C(C)NCCC#N)cc3)cc12. The third kappa shape index (κ3) is 4.65. The summed E-state index contributed by atoms with van der Waals surface area (Å²) in [7, 11) is 0. The summed E-state index contributed by atoms with van der Waals surface area (Å²) in [6.07, 6.45) is 4.30. The van der Waals surface area contributed by atoms with Crippen molar-refractivity contribution in [2.45, 2.75) is 39.2 Å². The van der Waals surface area contributed by atoms with E-state index in [4.69, 9.17) is 11.0 Å². The summed E-state index contributed by atoms with van der Waals surface area (Å²) in [5, 5.41) is 14.2. The number of nitrogen functional groups attached to an aromatic ring is 1. The Hall–Kier alpha value is -3.49. The molecule has 1 unspecified atom stereocenters. The lowest BCUT2D eigenvalue weighted by Gasteiger charge is -2.14. The van der Waals surface area contributed by atoms with Crippen molar-refractivity contribution in [2.75, 3.05) is 12.3 Å². The summed E-state index contributed by atoms with van der Waals surface area (Å²) in [6, 6.07) is 19.6. The third-order valence-electron chi connectivity index (χ3n) is 5.74. The summed E-state index contributed by atoms with van der Waals surface area (Å²) in [5.74, 6) is 0.479. The van der Waals surface area contributed by atoms with Gasteiger partial charge in [0.15, 0.2) is 5.82 Å². The molecular formula is C26H27N5. The third-order valence-corrected chi connectivity index (χ3v) is 5.74. The van der Waals surface area contributed by atoms with Crippen LogP contribution in [0.2, 0.25) is 0 Å². The van der Waals surface area contributed by atoms with Crippen LogP contribution in [0.15, 0.2) is 54.7 Å². The van der Waals surface area contributed by atoms with E-state index in [0.717, 1.165) is 34.6 Å². The molecule has 0 spiro atoms. The Morgan fingerprint density at radius 1 is 1.03 bits per heavy atom. The average molecular weight is 410 g/mol. The molecule has 5 heteroatoms. The zero-order valence-corrected chi connectivity index (χ0v) is 18.0. The Morgan fingerprint density at radius 2 is 1.81 bits per heavy atom. The van der Waals surface area contributed by atoms with Gasteiger partial charge < -0.3 is 11.1 Å². The molecule has 2 aromatic heterocycles. The molecule has 2 aromatic carbocycles. The second-order valence-electron chi connectivity index (χ2n) is 8.08. The van der Waals surface area contributed by atoms with Crippen LogP contribution in [0.5, 0.6) is 0 Å². The number of nitriles is 1. The van der Waals surface area contributed by atoms with Gasteiger partial charge in [0.05, 0.1) is 11.6 Å². The molecule has 0 saturated heterocycles. The monoisotopic (exact) mass is 409 g/mol. The number of nitrogens with one attached hydrogen (secondary N) is 1. The Morgan fingerprint density at radius 3 is 2.58 bits per heavy atom. The molecule has 0 amide bonds. The van der Waals surface area contributed by atoms with Crippen LogP contribution in [0.4, 0.5) is 5.82 Å². The van der Waals surface area contributed by atoms with Gasteiger partial charge in [-0.3, -0.25) is 4.98 Å². The van der Waals surface area contributed by atoms with Crippen molar-refractivity contribution in [3.8, 4) is 6.07 Å². The van der Waals surface area contributed by atoms with Gasteiger partial charge in [-0.1, -0.05) is 36.4 Å². The van der Waals surface area contributed by atoms with Gasteiger partial charge in [-0.25, -0.2) is 4.98 Å². The summed E-state index contributed by atoms with van der Waals surface area (Å²) >= 11 is 0. The maximum absolute atomic E-state index is 8.67. The van der Waals surface area contributed by atoms with Gasteiger partial charge in [-0.15, -0.1) is 0 Å². The molecule has 0 fully saturated rings. The lowest BCUT2D eigenvalue weighted by molar-refractivity contribution is 0.583. The summed E-state index contributed by atoms with van der Waals surface area (Å²) in [4.78, 5) is 9.15. The van der Waals surface area contributed by atoms with E-state index in [1.807, 2.05) is 6.20 Å². The summed E-state index contributed by atoms with van der Waals surface area (Å²) in [5.41, 5.74) is 12.7. The standard InChI is InChI=1S/C26H27N5/c1-17-4-11-22-23-15-20(16-30-25(23)26(28)31-24(22)14-17)6-5-19-7-9-21(10-8-19)18(2)29-13-3-12-27/h4,7-11,14-16,18,29H,3,5-6,13H2,1-2H3,(H2,28,31). The minimum Gasteiger partial charge on any atom is -0.382 e. The maximum Gasteiger partial charge on any atom is 0.150 e. The molecule has 0 saturated carbocycles. The predicted molar refractivity (Wildman–Crippen MR) is 127 cm³/mol. The van der Waals surface area contributed by atoms with Crippen LogP contribution in [0, 0.1) is 18.3 Å². The average Bonchev–Trinajstić information content (AvgIpc) is 2.78. The fourth-order valence-corrected chi connectivity index (χ4v) is 3.92. The van der Waals surface area contributed by atoms with Crippen molar-refractivity contribution in [3.05, 3.63) is 77.0 Å². The van der Waals surface area contributed by atoms with Crippen LogP contribution >= 0.6 is 0 Å². The number of benzene rings is 2. The minimum absolute atomic E-state index is 0.239. The van der Waals surface area contributed by atoms with Gasteiger partial charge in [-0.05, 0) is 61.1 Å². The Bertz CT molecular complexity index is 1260. The zero-order valence-electron chi connectivity index (χ0n) is 18.0. The quantitative estimate of drug-likeness (QED) is 0.330. The molecule has 0 aliphatic rings. The molecule has 0 radical (unpaired) electrons. The van der Waals surface area contributed by atoms with Gasteiger partial charge in [0.2, 0.25) is 0 Å². The van der Waals surface area contributed by atoms with Gasteiger partial charge in [0, 0.05) is 36.0 Å². The number of nitrogens with zero attached hydrogens (tertiary/aromatic N) is 3. The number of hydrogen-bond acceptors (Lipinski definition) is 5. The second-order valence-corrected chi connectivity index (χ2v) is 8.08. The Labute approximate surface area is 182 Å². The smallest absolute Gasteiger partial charge is 0.150 e. The van der Waals surface area contributed by atoms with E-state index in [1.165, 1.54) is 22.3 Å². The van der Waals surface area contributed by atoms with E-state index in [1.54, 1.807) is 0 Å². The molecular weight excluding hydrogens is 382 g/mol. The fourth-order valence-electron chi connectivity index (χ4n) is 3.92. The zero-order chi connectivity index (χ0) is 21.8. The van der Waals surface area contributed by atoms with Crippen LogP contribution in [-0.4, -0.2) is 16.5 Å². The van der Waals surface area contributed by atoms with E-state index >= 15 is 0 Å². The number of pyridine rings is 2. The Kier molecular flexibility index (Phi) is 6.11. The summed E-state index contributed by atoms with van der Waals surface area (Å²) in [6.45, 7) is 4.90. The highest BCUT2D eigenvalue weighted by Gasteiger charge is 2.09. The molecule has 0 bridgehead atoms. The van der Waals surface area contributed by atoms with E-state index in [2.05, 4.69) is 83.7 Å². The van der Waals surface area contributed by atoms with Crippen LogP contribution < -0.4 is 11.1 Å². The van der Waals surface area contributed by atoms with E-state index < -0.39 is 0 Å². The van der Waals surface area contributed by atoms with Crippen molar-refractivity contribution in [1.82, 2.24) is 15.3 Å². The highest BCUT2D eigenvalue weighted by atomic mass is 14.9. The first kappa shape index (κ1) is 20.8. The fraction of sp³-hybridized carbons (Fsp3) is 0.269. The number of anilines is 1. The lowest BCUT2D eigenvalue weighted by Crippen LogP contribution is -2.19. The number of fused-ring (bicyclic) bond motifs is 3. The molecule has 156 valence electrons. The first-order chi connectivity index (χ1) is 15.0. The van der Waals surface area contributed by atoms with Crippen LogP contribution in [-0.2, 0) is 12.8 Å². The molecule has 4 rings (SSSR count). The molecule has 4 aromatic rings. The molecule has 5 nitrogen and oxygen atoms in total. The number of aryl methyl sites for hydroxylation is 3. The molecule has 2 heterocycles. The molecule has 1 atom stereocenters.